The molecule has 0 saturated carbocycles. The van der Waals surface area contributed by atoms with Gasteiger partial charge in [0.15, 0.2) is 0 Å². The van der Waals surface area contributed by atoms with Crippen molar-refractivity contribution in [3.05, 3.63) is 0 Å². The van der Waals surface area contributed by atoms with Crippen LogP contribution in [0.25, 0.3) is 0 Å². The molecule has 0 rings (SSSR count). The largest absolute Gasteiger partial charge is 0.394 e. The molecule has 0 aromatic rings. The second-order valence-corrected chi connectivity index (χ2v) is 5.62. The number of rotatable bonds is 14. The molecule has 0 bridgehead atoms. The molecule has 0 saturated heterocycles. The van der Waals surface area contributed by atoms with Gasteiger partial charge in [0.05, 0.1) is 12.7 Å². The minimum Gasteiger partial charge on any atom is -0.394 e. The summed E-state index contributed by atoms with van der Waals surface area (Å²) >= 11 is 0. The van der Waals surface area contributed by atoms with E-state index < -0.39 is 31.0 Å². The molecule has 0 aliphatic carbocycles. The molecule has 6 N–H and O–H groups in total. The Labute approximate surface area is 127 Å². The normalized spacial score (nSPS) is 17.4. The Morgan fingerprint density at radius 3 is 1.86 bits per heavy atom. The van der Waals surface area contributed by atoms with Crippen LogP contribution in [0.2, 0.25) is 0 Å². The summed E-state index contributed by atoms with van der Waals surface area (Å²) in [6.45, 7) is 2.43. The lowest BCUT2D eigenvalue weighted by atomic mass is 10.0. The predicted molar refractivity (Wildman–Crippen MR) is 82.0 cm³/mol. The van der Waals surface area contributed by atoms with Crippen molar-refractivity contribution in [2.75, 3.05) is 19.7 Å². The number of unbranched alkanes of at least 4 members (excludes halogenated alkanes) is 6. The molecule has 21 heavy (non-hydrogen) atoms. The zero-order valence-electron chi connectivity index (χ0n) is 13.1. The maximum absolute atomic E-state index is 9.67. The highest BCUT2D eigenvalue weighted by atomic mass is 16.4. The van der Waals surface area contributed by atoms with Crippen LogP contribution >= 0.6 is 0 Å². The van der Waals surface area contributed by atoms with E-state index in [-0.39, 0.29) is 6.54 Å². The molecule has 128 valence electrons. The third-order valence-corrected chi connectivity index (χ3v) is 3.64. The molecule has 4 atom stereocenters. The molecule has 0 aliphatic heterocycles. The first-order valence-corrected chi connectivity index (χ1v) is 8.08. The lowest BCUT2D eigenvalue weighted by molar-refractivity contribution is -0.113. The molecule has 0 radical (unpaired) electrons. The van der Waals surface area contributed by atoms with Gasteiger partial charge in [0.2, 0.25) is 0 Å². The average Bonchev–Trinajstić information content (AvgIpc) is 2.50. The van der Waals surface area contributed by atoms with Gasteiger partial charge in [-0.1, -0.05) is 45.4 Å². The second kappa shape index (κ2) is 13.4. The Balaban J connectivity index is 3.54. The molecular weight excluding hydrogens is 274 g/mol. The minimum absolute atomic E-state index is 0.145. The number of nitrogens with one attached hydrogen (secondary N) is 1. The van der Waals surface area contributed by atoms with Crippen LogP contribution in [0.15, 0.2) is 0 Å². The number of aliphatic hydroxyl groups is 5. The zero-order chi connectivity index (χ0) is 16.1. The second-order valence-electron chi connectivity index (χ2n) is 5.62. The van der Waals surface area contributed by atoms with E-state index in [0.29, 0.717) is 0 Å². The molecule has 6 heteroatoms. The van der Waals surface area contributed by atoms with Crippen molar-refractivity contribution in [1.29, 1.82) is 0 Å². The first-order valence-electron chi connectivity index (χ1n) is 8.08. The highest BCUT2D eigenvalue weighted by Gasteiger charge is 2.29. The maximum Gasteiger partial charge on any atom is 0.111 e. The molecule has 0 amide bonds. The molecule has 0 aromatic carbocycles. The van der Waals surface area contributed by atoms with Crippen molar-refractivity contribution in [3.63, 3.8) is 0 Å². The van der Waals surface area contributed by atoms with Crippen molar-refractivity contribution in [3.8, 4) is 0 Å². The Kier molecular flexibility index (Phi) is 13.3. The Bertz CT molecular complexity index is 230. The molecule has 0 aliphatic rings. The summed E-state index contributed by atoms with van der Waals surface area (Å²) in [4.78, 5) is 0. The van der Waals surface area contributed by atoms with Gasteiger partial charge in [-0.25, -0.2) is 0 Å². The quantitative estimate of drug-likeness (QED) is 0.247. The van der Waals surface area contributed by atoms with Gasteiger partial charge in [-0.2, -0.15) is 0 Å². The summed E-state index contributed by atoms with van der Waals surface area (Å²) in [6, 6.07) is 0. The number of hydrogen-bond donors (Lipinski definition) is 6. The van der Waals surface area contributed by atoms with Crippen molar-refractivity contribution in [2.45, 2.75) is 76.3 Å². The van der Waals surface area contributed by atoms with Gasteiger partial charge in [0.25, 0.3) is 0 Å². The van der Waals surface area contributed by atoms with E-state index in [2.05, 4.69) is 12.2 Å². The molecule has 6 nitrogen and oxygen atoms in total. The SMILES string of the molecule is CCCCCCCCCNCC(O)C(O)C(O)C(O)CO. The summed E-state index contributed by atoms with van der Waals surface area (Å²) in [5.41, 5.74) is 0. The van der Waals surface area contributed by atoms with Crippen LogP contribution < -0.4 is 5.32 Å². The fraction of sp³-hybridized carbons (Fsp3) is 1.00. The summed E-state index contributed by atoms with van der Waals surface area (Å²) < 4.78 is 0. The van der Waals surface area contributed by atoms with E-state index in [9.17, 15) is 20.4 Å². The summed E-state index contributed by atoms with van der Waals surface area (Å²) in [6.07, 6.45) is 2.82. The number of aliphatic hydroxyl groups excluding tert-OH is 5. The van der Waals surface area contributed by atoms with E-state index in [1.807, 2.05) is 0 Å². The Morgan fingerprint density at radius 1 is 0.762 bits per heavy atom. The van der Waals surface area contributed by atoms with Crippen molar-refractivity contribution in [1.82, 2.24) is 5.32 Å². The highest BCUT2D eigenvalue weighted by Crippen LogP contribution is 2.07. The highest BCUT2D eigenvalue weighted by molar-refractivity contribution is 4.81. The summed E-state index contributed by atoms with van der Waals surface area (Å²) in [7, 11) is 0. The van der Waals surface area contributed by atoms with Gasteiger partial charge in [-0.05, 0) is 13.0 Å². The molecular formula is C15H33NO5. The standard InChI is InChI=1S/C15H33NO5/c1-2-3-4-5-6-7-8-9-16-10-12(18)14(20)15(21)13(19)11-17/h12-21H,2-11H2,1H3. The van der Waals surface area contributed by atoms with Crippen LogP contribution in [-0.4, -0.2) is 69.6 Å². The van der Waals surface area contributed by atoms with Crippen LogP contribution in [0.4, 0.5) is 0 Å². The van der Waals surface area contributed by atoms with Crippen LogP contribution in [0.3, 0.4) is 0 Å². The van der Waals surface area contributed by atoms with Crippen LogP contribution in [0.1, 0.15) is 51.9 Å². The van der Waals surface area contributed by atoms with Gasteiger partial charge < -0.3 is 30.8 Å². The zero-order valence-corrected chi connectivity index (χ0v) is 13.1. The van der Waals surface area contributed by atoms with E-state index in [4.69, 9.17) is 5.11 Å². The van der Waals surface area contributed by atoms with Crippen molar-refractivity contribution >= 4 is 0 Å². The number of hydrogen-bond acceptors (Lipinski definition) is 6. The van der Waals surface area contributed by atoms with Crippen LogP contribution in [0.5, 0.6) is 0 Å². The van der Waals surface area contributed by atoms with E-state index in [0.717, 1.165) is 19.4 Å². The van der Waals surface area contributed by atoms with Crippen LogP contribution in [-0.2, 0) is 0 Å². The smallest absolute Gasteiger partial charge is 0.111 e. The monoisotopic (exact) mass is 307 g/mol. The predicted octanol–water partition coefficient (Wildman–Crippen LogP) is -0.237. The summed E-state index contributed by atoms with van der Waals surface area (Å²) in [5, 5.41) is 49.6. The summed E-state index contributed by atoms with van der Waals surface area (Å²) in [5.74, 6) is 0. The Morgan fingerprint density at radius 2 is 1.29 bits per heavy atom. The van der Waals surface area contributed by atoms with E-state index in [1.165, 1.54) is 32.1 Å². The lowest BCUT2D eigenvalue weighted by Gasteiger charge is -2.25. The molecule has 4 unspecified atom stereocenters. The van der Waals surface area contributed by atoms with Gasteiger partial charge in [0.1, 0.15) is 18.3 Å². The maximum atomic E-state index is 9.67. The fourth-order valence-electron chi connectivity index (χ4n) is 2.14. The topological polar surface area (TPSA) is 113 Å². The van der Waals surface area contributed by atoms with Gasteiger partial charge in [-0.3, -0.25) is 0 Å². The van der Waals surface area contributed by atoms with Crippen molar-refractivity contribution in [2.24, 2.45) is 0 Å². The lowest BCUT2D eigenvalue weighted by Crippen LogP contribution is -2.49. The molecule has 0 heterocycles. The average molecular weight is 307 g/mol. The van der Waals surface area contributed by atoms with E-state index >= 15 is 0 Å². The van der Waals surface area contributed by atoms with E-state index in [1.54, 1.807) is 0 Å². The van der Waals surface area contributed by atoms with Crippen molar-refractivity contribution < 1.29 is 25.5 Å². The molecule has 0 spiro atoms. The molecule has 0 fully saturated rings. The molecule has 0 aromatic heterocycles. The first kappa shape index (κ1) is 20.8. The third-order valence-electron chi connectivity index (χ3n) is 3.64. The van der Waals surface area contributed by atoms with Crippen LogP contribution in [0, 0.1) is 0 Å². The van der Waals surface area contributed by atoms with Gasteiger partial charge in [-0.15, -0.1) is 0 Å². The third kappa shape index (κ3) is 10.2. The Hall–Kier alpha value is -0.240. The fourth-order valence-corrected chi connectivity index (χ4v) is 2.14. The van der Waals surface area contributed by atoms with Gasteiger partial charge >= 0.3 is 0 Å². The van der Waals surface area contributed by atoms with Gasteiger partial charge in [0, 0.05) is 6.54 Å². The first-order chi connectivity index (χ1) is 10.0. The minimum atomic E-state index is -1.55.